The van der Waals surface area contributed by atoms with Crippen molar-refractivity contribution in [1.82, 2.24) is 0 Å². The molecule has 3 aromatic carbocycles. The van der Waals surface area contributed by atoms with Crippen molar-refractivity contribution in [3.05, 3.63) is 89.5 Å². The molecule has 4 rings (SSSR count). The molecule has 0 amide bonds. The number of hydrogen-bond acceptors (Lipinski definition) is 4. The van der Waals surface area contributed by atoms with Gasteiger partial charge in [0.25, 0.3) is 0 Å². The van der Waals surface area contributed by atoms with E-state index < -0.39 is 6.10 Å². The van der Waals surface area contributed by atoms with Crippen molar-refractivity contribution in [2.75, 3.05) is 6.61 Å². The standard InChI is InChI=1S/C26H24O4/c1-2-17-29-19-13-11-18(12-14-19)24(27)15-16-25(28)30-26-22-9-5-3-7-20(22)21-8-4-6-10-23(21)26/h3-14,26H,2,15-17H2,1H3. The number of Topliss-reactive ketones (excluding diaryl/α,β-unsaturated/α-hetero) is 1. The molecule has 4 heteroatoms. The molecule has 0 radical (unpaired) electrons. The number of hydrogen-bond donors (Lipinski definition) is 0. The number of carbonyl (C=O) groups excluding carboxylic acids is 2. The molecule has 30 heavy (non-hydrogen) atoms. The fourth-order valence-electron chi connectivity index (χ4n) is 3.74. The Balaban J connectivity index is 1.38. The summed E-state index contributed by atoms with van der Waals surface area (Å²) < 4.78 is 11.3. The van der Waals surface area contributed by atoms with Crippen molar-refractivity contribution >= 4 is 11.8 Å². The summed E-state index contributed by atoms with van der Waals surface area (Å²) in [6, 6.07) is 23.0. The molecule has 0 aliphatic heterocycles. The number of carbonyl (C=O) groups is 2. The van der Waals surface area contributed by atoms with Crippen molar-refractivity contribution < 1.29 is 19.1 Å². The van der Waals surface area contributed by atoms with E-state index in [9.17, 15) is 9.59 Å². The summed E-state index contributed by atoms with van der Waals surface area (Å²) in [4.78, 5) is 25.0. The number of esters is 1. The minimum atomic E-state index is -0.421. The number of rotatable bonds is 8. The molecule has 152 valence electrons. The molecule has 0 N–H and O–H groups in total. The lowest BCUT2D eigenvalue weighted by molar-refractivity contribution is -0.147. The van der Waals surface area contributed by atoms with Crippen LogP contribution in [-0.4, -0.2) is 18.4 Å². The van der Waals surface area contributed by atoms with Crippen LogP contribution in [0.1, 0.15) is 53.8 Å². The fourth-order valence-corrected chi connectivity index (χ4v) is 3.74. The minimum absolute atomic E-state index is 0.0494. The van der Waals surface area contributed by atoms with Gasteiger partial charge < -0.3 is 9.47 Å². The first-order chi connectivity index (χ1) is 14.7. The highest BCUT2D eigenvalue weighted by atomic mass is 16.5. The van der Waals surface area contributed by atoms with Crippen LogP contribution in [0.3, 0.4) is 0 Å². The van der Waals surface area contributed by atoms with Gasteiger partial charge in [-0.15, -0.1) is 0 Å². The van der Waals surface area contributed by atoms with Crippen LogP contribution in [0.5, 0.6) is 5.75 Å². The van der Waals surface area contributed by atoms with Crippen molar-refractivity contribution in [1.29, 1.82) is 0 Å². The molecule has 0 aromatic heterocycles. The van der Waals surface area contributed by atoms with E-state index in [1.54, 1.807) is 24.3 Å². The van der Waals surface area contributed by atoms with Crippen LogP contribution in [-0.2, 0) is 9.53 Å². The van der Waals surface area contributed by atoms with E-state index in [1.165, 1.54) is 0 Å². The molecule has 4 nitrogen and oxygen atoms in total. The van der Waals surface area contributed by atoms with Crippen molar-refractivity contribution in [3.8, 4) is 16.9 Å². The number of ether oxygens (including phenoxy) is 2. The third kappa shape index (κ3) is 4.13. The highest BCUT2D eigenvalue weighted by molar-refractivity contribution is 5.97. The lowest BCUT2D eigenvalue weighted by Gasteiger charge is -2.15. The minimum Gasteiger partial charge on any atom is -0.494 e. The van der Waals surface area contributed by atoms with Gasteiger partial charge in [0, 0.05) is 23.1 Å². The molecule has 0 fully saturated rings. The molecule has 0 heterocycles. The normalized spacial score (nSPS) is 12.2. The summed E-state index contributed by atoms with van der Waals surface area (Å²) in [6.07, 6.45) is 0.672. The van der Waals surface area contributed by atoms with Crippen LogP contribution in [0, 0.1) is 0 Å². The van der Waals surface area contributed by atoms with E-state index in [4.69, 9.17) is 9.47 Å². The summed E-state index contributed by atoms with van der Waals surface area (Å²) >= 11 is 0. The van der Waals surface area contributed by atoms with Crippen LogP contribution in [0.15, 0.2) is 72.8 Å². The molecular weight excluding hydrogens is 376 g/mol. The van der Waals surface area contributed by atoms with E-state index in [0.717, 1.165) is 34.4 Å². The van der Waals surface area contributed by atoms with Crippen LogP contribution < -0.4 is 4.74 Å². The van der Waals surface area contributed by atoms with Gasteiger partial charge in [-0.3, -0.25) is 9.59 Å². The second kappa shape index (κ2) is 8.95. The Kier molecular flexibility index (Phi) is 5.94. The van der Waals surface area contributed by atoms with Gasteiger partial charge in [-0.25, -0.2) is 0 Å². The smallest absolute Gasteiger partial charge is 0.307 e. The maximum absolute atomic E-state index is 12.5. The first-order valence-corrected chi connectivity index (χ1v) is 10.3. The van der Waals surface area contributed by atoms with Gasteiger partial charge in [0.1, 0.15) is 5.75 Å². The highest BCUT2D eigenvalue weighted by Gasteiger charge is 2.30. The third-order valence-corrected chi connectivity index (χ3v) is 5.23. The molecule has 0 unspecified atom stereocenters. The van der Waals surface area contributed by atoms with E-state index in [-0.39, 0.29) is 24.6 Å². The average molecular weight is 400 g/mol. The van der Waals surface area contributed by atoms with Gasteiger partial charge >= 0.3 is 5.97 Å². The van der Waals surface area contributed by atoms with Gasteiger partial charge in [0.05, 0.1) is 13.0 Å². The predicted octanol–water partition coefficient (Wildman–Crippen LogP) is 5.75. The zero-order valence-electron chi connectivity index (χ0n) is 17.0. The number of fused-ring (bicyclic) bond motifs is 3. The largest absolute Gasteiger partial charge is 0.494 e. The van der Waals surface area contributed by atoms with E-state index in [0.29, 0.717) is 12.2 Å². The summed E-state index contributed by atoms with van der Waals surface area (Å²) in [7, 11) is 0. The van der Waals surface area contributed by atoms with Crippen LogP contribution in [0.25, 0.3) is 11.1 Å². The molecule has 0 spiro atoms. The lowest BCUT2D eigenvalue weighted by atomic mass is 10.1. The molecule has 1 aliphatic carbocycles. The quantitative estimate of drug-likeness (QED) is 0.357. The predicted molar refractivity (Wildman–Crippen MR) is 116 cm³/mol. The summed E-state index contributed by atoms with van der Waals surface area (Å²) in [5.41, 5.74) is 4.73. The SMILES string of the molecule is CCCOc1ccc(C(=O)CCC(=O)OC2c3ccccc3-c3ccccc32)cc1. The first kappa shape index (κ1) is 19.9. The Labute approximate surface area is 176 Å². The Morgan fingerprint density at radius 3 is 2.00 bits per heavy atom. The lowest BCUT2D eigenvalue weighted by Crippen LogP contribution is -2.12. The van der Waals surface area contributed by atoms with E-state index >= 15 is 0 Å². The van der Waals surface area contributed by atoms with Gasteiger partial charge in [-0.2, -0.15) is 0 Å². The Morgan fingerprint density at radius 1 is 0.800 bits per heavy atom. The zero-order chi connectivity index (χ0) is 20.9. The maximum Gasteiger partial charge on any atom is 0.307 e. The van der Waals surface area contributed by atoms with Crippen LogP contribution in [0.2, 0.25) is 0 Å². The van der Waals surface area contributed by atoms with Crippen LogP contribution >= 0.6 is 0 Å². The van der Waals surface area contributed by atoms with Gasteiger partial charge in [0.2, 0.25) is 0 Å². The molecule has 0 bridgehead atoms. The van der Waals surface area contributed by atoms with Crippen molar-refractivity contribution in [2.24, 2.45) is 0 Å². The van der Waals surface area contributed by atoms with Crippen molar-refractivity contribution in [3.63, 3.8) is 0 Å². The number of benzene rings is 3. The molecular formula is C26H24O4. The van der Waals surface area contributed by atoms with E-state index in [1.807, 2.05) is 55.5 Å². The molecule has 0 saturated heterocycles. The summed E-state index contributed by atoms with van der Waals surface area (Å²) in [5, 5.41) is 0. The summed E-state index contributed by atoms with van der Waals surface area (Å²) in [6.45, 7) is 2.69. The molecule has 1 aliphatic rings. The second-order valence-electron chi connectivity index (χ2n) is 7.34. The molecule has 3 aromatic rings. The number of ketones is 1. The Hall–Kier alpha value is -3.40. The van der Waals surface area contributed by atoms with Gasteiger partial charge in [-0.1, -0.05) is 55.5 Å². The average Bonchev–Trinajstić information content (AvgIpc) is 3.10. The van der Waals surface area contributed by atoms with Crippen molar-refractivity contribution in [2.45, 2.75) is 32.3 Å². The van der Waals surface area contributed by atoms with Crippen LogP contribution in [0.4, 0.5) is 0 Å². The second-order valence-corrected chi connectivity index (χ2v) is 7.34. The van der Waals surface area contributed by atoms with Gasteiger partial charge in [-0.05, 0) is 41.8 Å². The molecule has 0 atom stereocenters. The summed E-state index contributed by atoms with van der Waals surface area (Å²) in [5.74, 6) is 0.287. The highest BCUT2D eigenvalue weighted by Crippen LogP contribution is 2.45. The monoisotopic (exact) mass is 400 g/mol. The van der Waals surface area contributed by atoms with Gasteiger partial charge in [0.15, 0.2) is 11.9 Å². The maximum atomic E-state index is 12.5. The topological polar surface area (TPSA) is 52.6 Å². The Morgan fingerprint density at radius 2 is 1.40 bits per heavy atom. The fraction of sp³-hybridized carbons (Fsp3) is 0.231. The first-order valence-electron chi connectivity index (χ1n) is 10.3. The molecule has 0 saturated carbocycles. The zero-order valence-corrected chi connectivity index (χ0v) is 17.0. The Bertz CT molecular complexity index is 1010. The third-order valence-electron chi connectivity index (χ3n) is 5.23. The van der Waals surface area contributed by atoms with E-state index in [2.05, 4.69) is 0 Å².